The van der Waals surface area contributed by atoms with Gasteiger partial charge in [0.15, 0.2) is 16.7 Å². The van der Waals surface area contributed by atoms with Gasteiger partial charge in [0.1, 0.15) is 12.4 Å². The second kappa shape index (κ2) is 12.7. The van der Waals surface area contributed by atoms with Crippen molar-refractivity contribution in [1.29, 1.82) is 0 Å². The third kappa shape index (κ3) is 7.23. The van der Waals surface area contributed by atoms with E-state index in [0.717, 1.165) is 22.6 Å². The first-order valence-corrected chi connectivity index (χ1v) is 13.8. The van der Waals surface area contributed by atoms with Crippen LogP contribution >= 0.6 is 50.9 Å². The van der Waals surface area contributed by atoms with Gasteiger partial charge in [0.2, 0.25) is 0 Å². The van der Waals surface area contributed by atoms with E-state index in [9.17, 15) is 4.79 Å². The van der Waals surface area contributed by atoms with E-state index in [1.54, 1.807) is 18.2 Å². The second-order valence-corrected chi connectivity index (χ2v) is 10.4. The number of carbonyl (C=O) groups excluding carboxylic acids is 1. The van der Waals surface area contributed by atoms with Gasteiger partial charge >= 0.3 is 0 Å². The number of aliphatic imine (C=N–C) groups is 1. The summed E-state index contributed by atoms with van der Waals surface area (Å²) in [6, 6.07) is 16.4. The van der Waals surface area contributed by atoms with Crippen LogP contribution in [0.1, 0.15) is 25.0 Å². The minimum atomic E-state index is -0.219. The number of thioether (sulfide) groups is 1. The minimum Gasteiger partial charge on any atom is -0.494 e. The van der Waals surface area contributed by atoms with Gasteiger partial charge < -0.3 is 19.5 Å². The van der Waals surface area contributed by atoms with Gasteiger partial charge in [-0.1, -0.05) is 29.3 Å². The molecule has 10 heteroatoms. The van der Waals surface area contributed by atoms with Crippen molar-refractivity contribution in [3.05, 3.63) is 85.1 Å². The molecule has 1 fully saturated rings. The molecule has 1 aliphatic heterocycles. The van der Waals surface area contributed by atoms with Gasteiger partial charge in [0, 0.05) is 0 Å². The number of halogens is 3. The molecule has 3 aromatic rings. The number of amidine groups is 1. The van der Waals surface area contributed by atoms with Crippen molar-refractivity contribution in [2.45, 2.75) is 20.5 Å². The Morgan fingerprint density at radius 1 is 0.973 bits per heavy atom. The third-order valence-electron chi connectivity index (χ3n) is 5.03. The Kier molecular flexibility index (Phi) is 9.43. The van der Waals surface area contributed by atoms with Crippen LogP contribution in [0.5, 0.6) is 17.2 Å². The van der Waals surface area contributed by atoms with E-state index in [1.807, 2.05) is 56.3 Å². The lowest BCUT2D eigenvalue weighted by atomic mass is 10.1. The standard InChI is InChI=1S/C27H23BrCl2N2O4S/c1-3-34-19-8-6-18(7-9-19)31-27-32-26(33)24(37-27)14-17-11-20(28)25(23(13-17)35-4-2)36-15-16-5-10-21(29)22(30)12-16/h5-14H,3-4,15H2,1-2H3,(H,31,32,33)/b24-14+. The van der Waals surface area contributed by atoms with Gasteiger partial charge in [0.25, 0.3) is 5.91 Å². The predicted molar refractivity (Wildman–Crippen MR) is 155 cm³/mol. The van der Waals surface area contributed by atoms with E-state index < -0.39 is 0 Å². The van der Waals surface area contributed by atoms with Crippen LogP contribution < -0.4 is 19.5 Å². The van der Waals surface area contributed by atoms with Crippen LogP contribution in [-0.2, 0) is 11.4 Å². The van der Waals surface area contributed by atoms with Gasteiger partial charge in [-0.05, 0) is 107 Å². The Hall–Kier alpha value is -2.65. The van der Waals surface area contributed by atoms with Gasteiger partial charge in [-0.15, -0.1) is 0 Å². The largest absolute Gasteiger partial charge is 0.494 e. The summed E-state index contributed by atoms with van der Waals surface area (Å²) in [6.45, 7) is 5.15. The molecule has 0 unspecified atom stereocenters. The van der Waals surface area contributed by atoms with Crippen LogP contribution in [0, 0.1) is 0 Å². The molecule has 192 valence electrons. The highest BCUT2D eigenvalue weighted by atomic mass is 79.9. The lowest BCUT2D eigenvalue weighted by Crippen LogP contribution is -2.19. The van der Waals surface area contributed by atoms with Crippen molar-refractivity contribution >= 4 is 73.7 Å². The SMILES string of the molecule is CCOc1ccc(N=C2NC(=O)/C(=C\c3cc(Br)c(OCc4ccc(Cl)c(Cl)c4)c(OCC)c3)S2)cc1. The molecule has 0 saturated carbocycles. The molecule has 1 N–H and O–H groups in total. The van der Waals surface area contributed by atoms with E-state index in [4.69, 9.17) is 37.4 Å². The highest BCUT2D eigenvalue weighted by molar-refractivity contribution is 9.10. The number of rotatable bonds is 9. The van der Waals surface area contributed by atoms with Crippen molar-refractivity contribution in [3.63, 3.8) is 0 Å². The minimum absolute atomic E-state index is 0.219. The number of carbonyl (C=O) groups is 1. The summed E-state index contributed by atoms with van der Waals surface area (Å²) in [7, 11) is 0. The number of hydrogen-bond acceptors (Lipinski definition) is 6. The zero-order chi connectivity index (χ0) is 26.4. The summed E-state index contributed by atoms with van der Waals surface area (Å²) in [5, 5.41) is 4.27. The van der Waals surface area contributed by atoms with E-state index in [2.05, 4.69) is 26.2 Å². The van der Waals surface area contributed by atoms with E-state index in [1.165, 1.54) is 11.8 Å². The maximum Gasteiger partial charge on any atom is 0.264 e. The van der Waals surface area contributed by atoms with Crippen LogP contribution in [0.2, 0.25) is 10.0 Å². The summed E-state index contributed by atoms with van der Waals surface area (Å²) < 4.78 is 18.0. The van der Waals surface area contributed by atoms with Crippen LogP contribution in [0.15, 0.2) is 69.0 Å². The first-order valence-electron chi connectivity index (χ1n) is 11.4. The number of ether oxygens (including phenoxy) is 3. The fraction of sp³-hybridized carbons (Fsp3) is 0.185. The van der Waals surface area contributed by atoms with Gasteiger partial charge in [-0.3, -0.25) is 4.79 Å². The molecule has 1 heterocycles. The summed E-state index contributed by atoms with van der Waals surface area (Å²) in [4.78, 5) is 17.6. The molecule has 0 radical (unpaired) electrons. The van der Waals surface area contributed by atoms with Crippen molar-refractivity contribution in [3.8, 4) is 17.2 Å². The molecule has 0 aromatic heterocycles. The molecule has 1 amide bonds. The molecule has 0 spiro atoms. The van der Waals surface area contributed by atoms with Crippen LogP contribution in [0.3, 0.4) is 0 Å². The Balaban J connectivity index is 1.52. The highest BCUT2D eigenvalue weighted by Crippen LogP contribution is 2.39. The normalized spacial score (nSPS) is 15.2. The third-order valence-corrected chi connectivity index (χ3v) is 7.26. The molecule has 4 rings (SSSR count). The Labute approximate surface area is 238 Å². The van der Waals surface area contributed by atoms with E-state index >= 15 is 0 Å². The molecule has 1 aliphatic rings. The first-order chi connectivity index (χ1) is 17.9. The topological polar surface area (TPSA) is 69.2 Å². The molecular formula is C27H23BrCl2N2O4S. The van der Waals surface area contributed by atoms with Crippen molar-refractivity contribution in [1.82, 2.24) is 5.32 Å². The molecule has 0 aliphatic carbocycles. The van der Waals surface area contributed by atoms with Crippen molar-refractivity contribution in [2.75, 3.05) is 13.2 Å². The summed E-state index contributed by atoms with van der Waals surface area (Å²) in [5.74, 6) is 1.66. The number of nitrogens with zero attached hydrogens (tertiary/aromatic N) is 1. The average molecular weight is 622 g/mol. The Morgan fingerprint density at radius 2 is 1.73 bits per heavy atom. The number of benzene rings is 3. The maximum absolute atomic E-state index is 12.6. The average Bonchev–Trinajstić information content (AvgIpc) is 3.20. The van der Waals surface area contributed by atoms with Crippen LogP contribution in [0.25, 0.3) is 6.08 Å². The molecular weight excluding hydrogens is 599 g/mol. The lowest BCUT2D eigenvalue weighted by molar-refractivity contribution is -0.115. The van der Waals surface area contributed by atoms with Crippen LogP contribution in [-0.4, -0.2) is 24.3 Å². The van der Waals surface area contributed by atoms with Gasteiger partial charge in [-0.25, -0.2) is 4.99 Å². The molecule has 37 heavy (non-hydrogen) atoms. The number of amides is 1. The summed E-state index contributed by atoms with van der Waals surface area (Å²) >= 11 is 17.0. The highest BCUT2D eigenvalue weighted by Gasteiger charge is 2.24. The smallest absolute Gasteiger partial charge is 0.264 e. The fourth-order valence-electron chi connectivity index (χ4n) is 3.39. The zero-order valence-electron chi connectivity index (χ0n) is 20.0. The van der Waals surface area contributed by atoms with Gasteiger partial charge in [0.05, 0.1) is 38.3 Å². The van der Waals surface area contributed by atoms with E-state index in [0.29, 0.717) is 49.3 Å². The second-order valence-electron chi connectivity index (χ2n) is 7.71. The fourth-order valence-corrected chi connectivity index (χ4v) is 5.13. The summed E-state index contributed by atoms with van der Waals surface area (Å²) in [5.41, 5.74) is 2.36. The first kappa shape index (κ1) is 27.4. The maximum atomic E-state index is 12.6. The molecule has 6 nitrogen and oxygen atoms in total. The van der Waals surface area contributed by atoms with E-state index in [-0.39, 0.29) is 12.5 Å². The Morgan fingerprint density at radius 3 is 2.43 bits per heavy atom. The van der Waals surface area contributed by atoms with Crippen LogP contribution in [0.4, 0.5) is 5.69 Å². The molecule has 0 bridgehead atoms. The molecule has 3 aromatic carbocycles. The van der Waals surface area contributed by atoms with Crippen molar-refractivity contribution in [2.24, 2.45) is 4.99 Å². The number of nitrogens with one attached hydrogen (secondary N) is 1. The number of hydrogen-bond donors (Lipinski definition) is 1. The predicted octanol–water partition coefficient (Wildman–Crippen LogP) is 8.02. The monoisotopic (exact) mass is 620 g/mol. The van der Waals surface area contributed by atoms with Gasteiger partial charge in [-0.2, -0.15) is 0 Å². The molecule has 1 saturated heterocycles. The zero-order valence-corrected chi connectivity index (χ0v) is 23.9. The Bertz CT molecular complexity index is 1360. The van der Waals surface area contributed by atoms with Crippen molar-refractivity contribution < 1.29 is 19.0 Å². The lowest BCUT2D eigenvalue weighted by Gasteiger charge is -2.15. The summed E-state index contributed by atoms with van der Waals surface area (Å²) in [6.07, 6.45) is 1.79. The molecule has 0 atom stereocenters. The quantitative estimate of drug-likeness (QED) is 0.245.